The van der Waals surface area contributed by atoms with E-state index >= 15 is 0 Å². The largest absolute Gasteiger partial charge is 0.469 e. The molecule has 0 fully saturated rings. The van der Waals surface area contributed by atoms with Gasteiger partial charge >= 0.3 is 5.97 Å². The van der Waals surface area contributed by atoms with Crippen LogP contribution >= 0.6 is 0 Å². The Hall–Kier alpha value is -0.860. The maximum atomic E-state index is 10.7. The number of carbonyl (C=O) groups excluding carboxylic acids is 2. The molecule has 3 nitrogen and oxygen atoms in total. The number of esters is 1. The van der Waals surface area contributed by atoms with Crippen molar-refractivity contribution in [2.24, 2.45) is 0 Å². The van der Waals surface area contributed by atoms with E-state index < -0.39 is 0 Å². The highest BCUT2D eigenvalue weighted by Crippen LogP contribution is 2.07. The van der Waals surface area contributed by atoms with Crippen LogP contribution in [0, 0.1) is 0 Å². The van der Waals surface area contributed by atoms with E-state index in [0.717, 1.165) is 32.1 Å². The van der Waals surface area contributed by atoms with Gasteiger partial charge in [0.1, 0.15) is 5.78 Å². The van der Waals surface area contributed by atoms with Crippen molar-refractivity contribution in [2.45, 2.75) is 51.9 Å². The van der Waals surface area contributed by atoms with E-state index in [9.17, 15) is 9.59 Å². The van der Waals surface area contributed by atoms with E-state index in [1.54, 1.807) is 6.92 Å². The molecule has 0 aromatic carbocycles. The third kappa shape index (κ3) is 9.23. The van der Waals surface area contributed by atoms with Crippen LogP contribution in [0.4, 0.5) is 0 Å². The van der Waals surface area contributed by atoms with Gasteiger partial charge in [-0.15, -0.1) is 0 Å². The van der Waals surface area contributed by atoms with Gasteiger partial charge in [0.2, 0.25) is 0 Å². The molecule has 0 rings (SSSR count). The lowest BCUT2D eigenvalue weighted by atomic mass is 10.1. The van der Waals surface area contributed by atoms with Crippen molar-refractivity contribution >= 4 is 11.8 Å². The quantitative estimate of drug-likeness (QED) is 0.446. The van der Waals surface area contributed by atoms with Crippen molar-refractivity contribution in [3.63, 3.8) is 0 Å². The standard InChI is InChI=1S/C11H20O3/c1-10(12)8-6-4-3-5-7-9-11(13)14-2/h3-9H2,1-2H3. The van der Waals surface area contributed by atoms with Crippen LogP contribution in [0.2, 0.25) is 0 Å². The highest BCUT2D eigenvalue weighted by Gasteiger charge is 1.99. The van der Waals surface area contributed by atoms with E-state index in [-0.39, 0.29) is 11.8 Å². The van der Waals surface area contributed by atoms with Crippen molar-refractivity contribution in [1.82, 2.24) is 0 Å². The second kappa shape index (κ2) is 8.73. The van der Waals surface area contributed by atoms with E-state index in [1.807, 2.05) is 0 Å². The number of hydrogen-bond acceptors (Lipinski definition) is 3. The Labute approximate surface area is 85.8 Å². The zero-order valence-electron chi connectivity index (χ0n) is 9.17. The summed E-state index contributed by atoms with van der Waals surface area (Å²) in [7, 11) is 1.41. The lowest BCUT2D eigenvalue weighted by Gasteiger charge is -2.00. The van der Waals surface area contributed by atoms with Gasteiger partial charge in [0, 0.05) is 12.8 Å². The number of carbonyl (C=O) groups is 2. The molecule has 0 aromatic rings. The number of ether oxygens (including phenoxy) is 1. The Bertz CT molecular complexity index is 175. The average Bonchev–Trinajstić information content (AvgIpc) is 2.15. The minimum Gasteiger partial charge on any atom is -0.469 e. The minimum atomic E-state index is -0.131. The van der Waals surface area contributed by atoms with Crippen LogP contribution in [0.3, 0.4) is 0 Å². The molecule has 0 heterocycles. The SMILES string of the molecule is COC(=O)CCCCCCCC(C)=O. The smallest absolute Gasteiger partial charge is 0.305 e. The topological polar surface area (TPSA) is 43.4 Å². The first-order valence-electron chi connectivity index (χ1n) is 5.23. The van der Waals surface area contributed by atoms with Crippen molar-refractivity contribution in [2.75, 3.05) is 7.11 Å². The summed E-state index contributed by atoms with van der Waals surface area (Å²) >= 11 is 0. The first-order valence-corrected chi connectivity index (χ1v) is 5.23. The zero-order valence-corrected chi connectivity index (χ0v) is 9.17. The molecule has 3 heteroatoms. The molecule has 0 spiro atoms. The summed E-state index contributed by atoms with van der Waals surface area (Å²) < 4.78 is 4.53. The molecule has 0 aromatic heterocycles. The second-order valence-corrected chi connectivity index (χ2v) is 3.55. The Kier molecular flexibility index (Phi) is 8.19. The van der Waals surface area contributed by atoms with Gasteiger partial charge in [0.05, 0.1) is 7.11 Å². The molecule has 0 saturated carbocycles. The van der Waals surface area contributed by atoms with Crippen molar-refractivity contribution in [1.29, 1.82) is 0 Å². The molecular formula is C11H20O3. The normalized spacial score (nSPS) is 9.86. The number of unbranched alkanes of at least 4 members (excludes halogenated alkanes) is 4. The predicted octanol–water partition coefficient (Wildman–Crippen LogP) is 2.48. The lowest BCUT2D eigenvalue weighted by molar-refractivity contribution is -0.140. The molecule has 0 saturated heterocycles. The Morgan fingerprint density at radius 3 is 1.93 bits per heavy atom. The zero-order chi connectivity index (χ0) is 10.8. The number of hydrogen-bond donors (Lipinski definition) is 0. The molecule has 0 aliphatic carbocycles. The van der Waals surface area contributed by atoms with Crippen molar-refractivity contribution in [3.8, 4) is 0 Å². The molecule has 0 bridgehead atoms. The fourth-order valence-corrected chi connectivity index (χ4v) is 1.28. The predicted molar refractivity (Wildman–Crippen MR) is 55.0 cm³/mol. The van der Waals surface area contributed by atoms with Gasteiger partial charge in [-0.3, -0.25) is 4.79 Å². The van der Waals surface area contributed by atoms with Crippen LogP contribution in [0.15, 0.2) is 0 Å². The first kappa shape index (κ1) is 13.1. The van der Waals surface area contributed by atoms with Gasteiger partial charge in [-0.2, -0.15) is 0 Å². The first-order chi connectivity index (χ1) is 6.66. The summed E-state index contributed by atoms with van der Waals surface area (Å²) in [5, 5.41) is 0. The maximum absolute atomic E-state index is 10.7. The van der Waals surface area contributed by atoms with Gasteiger partial charge in [0.25, 0.3) is 0 Å². The third-order valence-corrected chi connectivity index (χ3v) is 2.14. The molecule has 14 heavy (non-hydrogen) atoms. The van der Waals surface area contributed by atoms with Gasteiger partial charge in [-0.25, -0.2) is 0 Å². The number of ketones is 1. The van der Waals surface area contributed by atoms with Gasteiger partial charge in [0.15, 0.2) is 0 Å². The van der Waals surface area contributed by atoms with Crippen LogP contribution in [0.1, 0.15) is 51.9 Å². The van der Waals surface area contributed by atoms with Gasteiger partial charge in [-0.1, -0.05) is 19.3 Å². The number of rotatable bonds is 8. The summed E-state index contributed by atoms with van der Waals surface area (Å²) in [6, 6.07) is 0. The Balaban J connectivity index is 3.06. The van der Waals surface area contributed by atoms with E-state index in [2.05, 4.69) is 4.74 Å². The van der Waals surface area contributed by atoms with E-state index in [1.165, 1.54) is 7.11 Å². The molecular weight excluding hydrogens is 180 g/mol. The molecule has 0 aliphatic heterocycles. The van der Waals surface area contributed by atoms with E-state index in [4.69, 9.17) is 0 Å². The summed E-state index contributed by atoms with van der Waals surface area (Å²) in [5.74, 6) is 0.133. The molecule has 0 radical (unpaired) electrons. The van der Waals surface area contributed by atoms with E-state index in [0.29, 0.717) is 12.8 Å². The van der Waals surface area contributed by atoms with Crippen LogP contribution in [-0.4, -0.2) is 18.9 Å². The molecule has 0 amide bonds. The third-order valence-electron chi connectivity index (χ3n) is 2.14. The molecule has 0 aliphatic rings. The summed E-state index contributed by atoms with van der Waals surface area (Å²) in [4.78, 5) is 21.3. The monoisotopic (exact) mass is 200 g/mol. The lowest BCUT2D eigenvalue weighted by Crippen LogP contribution is -1.99. The fourth-order valence-electron chi connectivity index (χ4n) is 1.28. The highest BCUT2D eigenvalue weighted by molar-refractivity contribution is 5.75. The molecule has 0 atom stereocenters. The maximum Gasteiger partial charge on any atom is 0.305 e. The van der Waals surface area contributed by atoms with Gasteiger partial charge < -0.3 is 9.53 Å². The average molecular weight is 200 g/mol. The summed E-state index contributed by atoms with van der Waals surface area (Å²) in [5.41, 5.74) is 0. The van der Waals surface area contributed by atoms with Crippen LogP contribution in [0.25, 0.3) is 0 Å². The molecule has 0 unspecified atom stereocenters. The number of methoxy groups -OCH3 is 1. The Morgan fingerprint density at radius 2 is 1.43 bits per heavy atom. The summed E-state index contributed by atoms with van der Waals surface area (Å²) in [6.07, 6.45) is 6.32. The summed E-state index contributed by atoms with van der Waals surface area (Å²) in [6.45, 7) is 1.62. The fraction of sp³-hybridized carbons (Fsp3) is 0.818. The Morgan fingerprint density at radius 1 is 0.929 bits per heavy atom. The number of Topliss-reactive ketones (excluding diaryl/α,β-unsaturated/α-hetero) is 1. The van der Waals surface area contributed by atoms with Crippen molar-refractivity contribution in [3.05, 3.63) is 0 Å². The van der Waals surface area contributed by atoms with Crippen molar-refractivity contribution < 1.29 is 14.3 Å². The van der Waals surface area contributed by atoms with Crippen LogP contribution in [-0.2, 0) is 14.3 Å². The van der Waals surface area contributed by atoms with Gasteiger partial charge in [-0.05, 0) is 19.8 Å². The molecule has 82 valence electrons. The molecule has 0 N–H and O–H groups in total. The van der Waals surface area contributed by atoms with Crippen LogP contribution in [0.5, 0.6) is 0 Å². The second-order valence-electron chi connectivity index (χ2n) is 3.55. The van der Waals surface area contributed by atoms with Crippen LogP contribution < -0.4 is 0 Å². The minimum absolute atomic E-state index is 0.131. The highest BCUT2D eigenvalue weighted by atomic mass is 16.5.